The zero-order chi connectivity index (χ0) is 16.2. The number of ether oxygens (including phenoxy) is 1. The van der Waals surface area contributed by atoms with Crippen LogP contribution in [0.4, 0.5) is 5.69 Å². The molecule has 1 unspecified atom stereocenters. The van der Waals surface area contributed by atoms with E-state index < -0.39 is 0 Å². The Morgan fingerprint density at radius 3 is 2.83 bits per heavy atom. The normalized spacial score (nSPS) is 16.2. The van der Waals surface area contributed by atoms with Gasteiger partial charge in [0.2, 0.25) is 0 Å². The van der Waals surface area contributed by atoms with Crippen molar-refractivity contribution in [3.05, 3.63) is 48.2 Å². The van der Waals surface area contributed by atoms with Crippen LogP contribution < -0.4 is 4.90 Å². The molecule has 2 aromatic heterocycles. The van der Waals surface area contributed by atoms with Gasteiger partial charge in [-0.1, -0.05) is 0 Å². The van der Waals surface area contributed by atoms with Crippen LogP contribution in [-0.2, 0) is 4.74 Å². The number of hydrogen-bond acceptors (Lipinski definition) is 5. The minimum absolute atomic E-state index is 0.121. The first-order chi connectivity index (χ1) is 11.2. The molecule has 1 aliphatic heterocycles. The molecule has 3 rings (SSSR count). The first kappa shape index (κ1) is 15.6. The van der Waals surface area contributed by atoms with Gasteiger partial charge in [0, 0.05) is 32.0 Å². The van der Waals surface area contributed by atoms with Crippen molar-refractivity contribution >= 4 is 11.6 Å². The molecule has 0 N–H and O–H groups in total. The van der Waals surface area contributed by atoms with Crippen LogP contribution in [-0.4, -0.2) is 49.1 Å². The van der Waals surface area contributed by atoms with Gasteiger partial charge in [-0.05, 0) is 31.2 Å². The highest BCUT2D eigenvalue weighted by Crippen LogP contribution is 2.22. The summed E-state index contributed by atoms with van der Waals surface area (Å²) in [5.74, 6) is 0.634. The fourth-order valence-electron chi connectivity index (χ4n) is 2.63. The van der Waals surface area contributed by atoms with Crippen molar-refractivity contribution in [2.24, 2.45) is 0 Å². The monoisotopic (exact) mass is 315 g/mol. The van der Waals surface area contributed by atoms with Crippen LogP contribution in [0.5, 0.6) is 0 Å². The molecule has 1 fully saturated rings. The van der Waals surface area contributed by atoms with Crippen molar-refractivity contribution in [2.75, 3.05) is 38.3 Å². The lowest BCUT2D eigenvalue weighted by atomic mass is 10.2. The van der Waals surface area contributed by atoms with Crippen molar-refractivity contribution in [1.29, 1.82) is 0 Å². The van der Waals surface area contributed by atoms with E-state index in [0.717, 1.165) is 24.5 Å². The number of morpholine rings is 1. The molecular weight excluding hydrogens is 294 g/mol. The summed E-state index contributed by atoms with van der Waals surface area (Å²) in [4.78, 5) is 20.8. The zero-order valence-corrected chi connectivity index (χ0v) is 13.4. The minimum Gasteiger partial charge on any atom is -0.467 e. The second-order valence-electron chi connectivity index (χ2n) is 5.61. The molecule has 1 amide bonds. The van der Waals surface area contributed by atoms with Crippen molar-refractivity contribution in [3.63, 3.8) is 0 Å². The fourth-order valence-corrected chi connectivity index (χ4v) is 2.63. The van der Waals surface area contributed by atoms with Crippen LogP contribution >= 0.6 is 0 Å². The summed E-state index contributed by atoms with van der Waals surface area (Å²) in [6.07, 6.45) is 3.30. The number of amides is 1. The van der Waals surface area contributed by atoms with Gasteiger partial charge in [-0.2, -0.15) is 0 Å². The summed E-state index contributed by atoms with van der Waals surface area (Å²) in [5.41, 5.74) is 1.44. The number of nitrogens with zero attached hydrogens (tertiary/aromatic N) is 3. The Kier molecular flexibility index (Phi) is 4.62. The third kappa shape index (κ3) is 3.37. The maximum atomic E-state index is 12.7. The predicted molar refractivity (Wildman–Crippen MR) is 86.5 cm³/mol. The molecule has 0 aromatic carbocycles. The molecule has 1 atom stereocenters. The summed E-state index contributed by atoms with van der Waals surface area (Å²) in [6, 6.07) is 7.32. The average Bonchev–Trinajstić information content (AvgIpc) is 3.15. The van der Waals surface area contributed by atoms with Gasteiger partial charge >= 0.3 is 0 Å². The molecule has 6 nitrogen and oxygen atoms in total. The minimum atomic E-state index is -0.147. The van der Waals surface area contributed by atoms with Crippen molar-refractivity contribution in [3.8, 4) is 0 Å². The van der Waals surface area contributed by atoms with Crippen molar-refractivity contribution in [2.45, 2.75) is 13.0 Å². The molecule has 3 heterocycles. The number of hydrogen-bond donors (Lipinski definition) is 0. The smallest absolute Gasteiger partial charge is 0.272 e. The highest BCUT2D eigenvalue weighted by molar-refractivity contribution is 5.93. The third-order valence-electron chi connectivity index (χ3n) is 4.20. The molecule has 1 aliphatic rings. The molecule has 0 bridgehead atoms. The fraction of sp³-hybridized carbons (Fsp3) is 0.412. The first-order valence-electron chi connectivity index (χ1n) is 7.76. The number of carbonyl (C=O) groups is 1. The Labute approximate surface area is 135 Å². The predicted octanol–water partition coefficient (Wildman–Crippen LogP) is 2.34. The standard InChI is InChI=1S/C17H21N3O3/c1-13(16-4-3-9-23-16)19(2)17(21)15-12-14(5-6-18-15)20-7-10-22-11-8-20/h3-6,9,12-13H,7-8,10-11H2,1-2H3. The lowest BCUT2D eigenvalue weighted by Crippen LogP contribution is -2.36. The molecule has 6 heteroatoms. The summed E-state index contributed by atoms with van der Waals surface area (Å²) in [5, 5.41) is 0. The molecule has 0 aliphatic carbocycles. The third-order valence-corrected chi connectivity index (χ3v) is 4.20. The van der Waals surface area contributed by atoms with Crippen LogP contribution in [0.1, 0.15) is 29.2 Å². The Bertz CT molecular complexity index is 651. The lowest BCUT2D eigenvalue weighted by Gasteiger charge is -2.29. The number of furan rings is 1. The Balaban J connectivity index is 1.76. The second kappa shape index (κ2) is 6.83. The summed E-state index contributed by atoms with van der Waals surface area (Å²) in [7, 11) is 1.76. The number of anilines is 1. The highest BCUT2D eigenvalue weighted by atomic mass is 16.5. The highest BCUT2D eigenvalue weighted by Gasteiger charge is 2.22. The van der Waals surface area contributed by atoms with Crippen LogP contribution in [0, 0.1) is 0 Å². The SMILES string of the molecule is CC(c1ccco1)N(C)C(=O)c1cc(N2CCOCC2)ccn1. The summed E-state index contributed by atoms with van der Waals surface area (Å²) in [6.45, 7) is 5.01. The van der Waals surface area contributed by atoms with Crippen LogP contribution in [0.15, 0.2) is 41.1 Å². The Hall–Kier alpha value is -2.34. The number of aromatic nitrogens is 1. The van der Waals surface area contributed by atoms with Gasteiger partial charge in [0.25, 0.3) is 5.91 Å². The van der Waals surface area contributed by atoms with Gasteiger partial charge in [-0.3, -0.25) is 9.78 Å². The number of carbonyl (C=O) groups excluding carboxylic acids is 1. The van der Waals surface area contributed by atoms with E-state index in [1.54, 1.807) is 24.4 Å². The number of pyridine rings is 1. The Morgan fingerprint density at radius 1 is 1.35 bits per heavy atom. The molecule has 0 spiro atoms. The van der Waals surface area contributed by atoms with E-state index in [1.165, 1.54) is 0 Å². The zero-order valence-electron chi connectivity index (χ0n) is 13.4. The maximum Gasteiger partial charge on any atom is 0.272 e. The molecule has 122 valence electrons. The average molecular weight is 315 g/mol. The molecular formula is C17H21N3O3. The van der Waals surface area contributed by atoms with E-state index >= 15 is 0 Å². The molecule has 2 aromatic rings. The van der Waals surface area contributed by atoms with Gasteiger partial charge < -0.3 is 19.0 Å². The first-order valence-corrected chi connectivity index (χ1v) is 7.76. The van der Waals surface area contributed by atoms with Crippen molar-refractivity contribution < 1.29 is 13.9 Å². The van der Waals surface area contributed by atoms with Crippen LogP contribution in [0.25, 0.3) is 0 Å². The quantitative estimate of drug-likeness (QED) is 0.867. The van der Waals surface area contributed by atoms with Gasteiger partial charge in [0.05, 0.1) is 25.5 Å². The molecule has 0 saturated carbocycles. The van der Waals surface area contributed by atoms with E-state index in [2.05, 4.69) is 9.88 Å². The molecule has 23 heavy (non-hydrogen) atoms. The second-order valence-corrected chi connectivity index (χ2v) is 5.61. The van der Waals surface area contributed by atoms with Gasteiger partial charge in [-0.25, -0.2) is 0 Å². The van der Waals surface area contributed by atoms with Crippen LogP contribution in [0.2, 0.25) is 0 Å². The molecule has 1 saturated heterocycles. The van der Waals surface area contributed by atoms with E-state index in [-0.39, 0.29) is 11.9 Å². The Morgan fingerprint density at radius 2 is 2.13 bits per heavy atom. The van der Waals surface area contributed by atoms with Crippen LogP contribution in [0.3, 0.4) is 0 Å². The number of rotatable bonds is 4. The van der Waals surface area contributed by atoms with Gasteiger partial charge in [0.1, 0.15) is 11.5 Å². The van der Waals surface area contributed by atoms with E-state index in [1.807, 2.05) is 31.2 Å². The van der Waals surface area contributed by atoms with Crippen molar-refractivity contribution in [1.82, 2.24) is 9.88 Å². The lowest BCUT2D eigenvalue weighted by molar-refractivity contribution is 0.0720. The van der Waals surface area contributed by atoms with E-state index in [0.29, 0.717) is 18.9 Å². The largest absolute Gasteiger partial charge is 0.467 e. The van der Waals surface area contributed by atoms with Gasteiger partial charge in [-0.15, -0.1) is 0 Å². The maximum absolute atomic E-state index is 12.7. The summed E-state index contributed by atoms with van der Waals surface area (Å²) < 4.78 is 10.8. The topological polar surface area (TPSA) is 58.8 Å². The van der Waals surface area contributed by atoms with E-state index in [4.69, 9.17) is 9.15 Å². The molecule has 0 radical (unpaired) electrons. The van der Waals surface area contributed by atoms with E-state index in [9.17, 15) is 4.79 Å². The summed E-state index contributed by atoms with van der Waals surface area (Å²) >= 11 is 0. The van der Waals surface area contributed by atoms with Gasteiger partial charge in [0.15, 0.2) is 0 Å².